The van der Waals surface area contributed by atoms with Crippen molar-refractivity contribution in [2.75, 3.05) is 6.54 Å². The lowest BCUT2D eigenvalue weighted by molar-refractivity contribution is 0.0728. The summed E-state index contributed by atoms with van der Waals surface area (Å²) in [7, 11) is 0. The van der Waals surface area contributed by atoms with Crippen LogP contribution in [-0.2, 0) is 0 Å². The summed E-state index contributed by atoms with van der Waals surface area (Å²) in [6.07, 6.45) is 13.2. The highest BCUT2D eigenvalue weighted by Crippen LogP contribution is 2.43. The Bertz CT molecular complexity index is 672. The van der Waals surface area contributed by atoms with Crippen LogP contribution in [0.15, 0.2) is 36.4 Å². The molecule has 0 N–H and O–H groups in total. The van der Waals surface area contributed by atoms with Gasteiger partial charge in [0.2, 0.25) is 0 Å². The Balaban J connectivity index is 1.65. The fourth-order valence-electron chi connectivity index (χ4n) is 5.53. The molecule has 3 atom stereocenters. The average molecular weight is 338 g/mol. The van der Waals surface area contributed by atoms with Crippen LogP contribution >= 0.6 is 0 Å². The molecular formula is C23H31NO. The van der Waals surface area contributed by atoms with Crippen molar-refractivity contribution in [3.63, 3.8) is 0 Å². The number of allylic oxidation sites excluding steroid dienone is 1. The van der Waals surface area contributed by atoms with Crippen molar-refractivity contribution in [3.05, 3.63) is 47.5 Å². The number of carbonyl (C=O) groups is 1. The first-order valence-electron chi connectivity index (χ1n) is 10.1. The lowest BCUT2D eigenvalue weighted by atomic mass is 9.75. The highest BCUT2D eigenvalue weighted by Gasteiger charge is 2.40. The van der Waals surface area contributed by atoms with Gasteiger partial charge in [-0.3, -0.25) is 9.69 Å². The third kappa shape index (κ3) is 3.33. The van der Waals surface area contributed by atoms with E-state index < -0.39 is 0 Å². The molecule has 1 aromatic rings. The maximum absolute atomic E-state index is 12.6. The first-order valence-corrected chi connectivity index (χ1v) is 10.1. The second-order valence-corrected chi connectivity index (χ2v) is 8.94. The van der Waals surface area contributed by atoms with Gasteiger partial charge in [-0.1, -0.05) is 63.1 Å². The third-order valence-electron chi connectivity index (χ3n) is 6.61. The van der Waals surface area contributed by atoms with Gasteiger partial charge in [0.1, 0.15) is 0 Å². The molecule has 0 heterocycles. The summed E-state index contributed by atoms with van der Waals surface area (Å²) < 4.78 is 0. The summed E-state index contributed by atoms with van der Waals surface area (Å²) in [5.41, 5.74) is 2.48. The molecular weight excluding hydrogens is 306 g/mol. The van der Waals surface area contributed by atoms with Crippen LogP contribution in [-0.4, -0.2) is 23.3 Å². The molecule has 0 aliphatic heterocycles. The molecule has 1 aromatic carbocycles. The molecule has 2 nitrogen and oxygen atoms in total. The minimum absolute atomic E-state index is 0.237. The predicted octanol–water partition coefficient (Wildman–Crippen LogP) is 5.55. The van der Waals surface area contributed by atoms with Crippen molar-refractivity contribution in [1.82, 2.24) is 4.90 Å². The van der Waals surface area contributed by atoms with Crippen LogP contribution in [0.3, 0.4) is 0 Å². The summed E-state index contributed by atoms with van der Waals surface area (Å²) in [6, 6.07) is 9.25. The van der Waals surface area contributed by atoms with Crippen LogP contribution in [0.25, 0.3) is 0 Å². The summed E-state index contributed by atoms with van der Waals surface area (Å²) in [5.74, 6) is 1.10. The predicted molar refractivity (Wildman–Crippen MR) is 103 cm³/mol. The molecule has 3 aliphatic rings. The van der Waals surface area contributed by atoms with E-state index in [0.717, 1.165) is 18.0 Å². The zero-order valence-electron chi connectivity index (χ0n) is 15.7. The van der Waals surface area contributed by atoms with Crippen molar-refractivity contribution in [3.8, 4) is 0 Å². The molecule has 134 valence electrons. The second kappa shape index (κ2) is 6.72. The summed E-state index contributed by atoms with van der Waals surface area (Å²) >= 11 is 0. The van der Waals surface area contributed by atoms with E-state index in [-0.39, 0.29) is 11.5 Å². The zero-order valence-corrected chi connectivity index (χ0v) is 15.7. The molecule has 0 spiro atoms. The number of carbonyl (C=O) groups excluding carboxylic acids is 1. The molecule has 0 bridgehead atoms. The van der Waals surface area contributed by atoms with Gasteiger partial charge in [-0.05, 0) is 42.6 Å². The van der Waals surface area contributed by atoms with E-state index in [1.54, 1.807) is 0 Å². The minimum Gasteiger partial charge on any atom is -0.294 e. The minimum atomic E-state index is 0.237. The van der Waals surface area contributed by atoms with Crippen molar-refractivity contribution in [1.29, 1.82) is 0 Å². The van der Waals surface area contributed by atoms with Gasteiger partial charge < -0.3 is 0 Å². The van der Waals surface area contributed by atoms with Gasteiger partial charge in [0.25, 0.3) is 0 Å². The van der Waals surface area contributed by atoms with Crippen LogP contribution in [0.2, 0.25) is 0 Å². The number of Topliss-reactive ketones (excluding diaryl/α,β-unsaturated/α-hetero) is 1. The topological polar surface area (TPSA) is 20.3 Å². The first kappa shape index (κ1) is 17.0. The molecule has 3 unspecified atom stereocenters. The molecule has 4 rings (SSSR count). The maximum atomic E-state index is 12.6. The molecule has 25 heavy (non-hydrogen) atoms. The maximum Gasteiger partial charge on any atom is 0.165 e. The van der Waals surface area contributed by atoms with E-state index in [0.29, 0.717) is 18.2 Å². The Labute approximate surface area is 152 Å². The number of benzene rings is 1. The Kier molecular flexibility index (Phi) is 4.58. The van der Waals surface area contributed by atoms with Crippen LogP contribution in [0, 0.1) is 11.3 Å². The van der Waals surface area contributed by atoms with E-state index in [9.17, 15) is 4.79 Å². The fourth-order valence-corrected chi connectivity index (χ4v) is 5.53. The SMILES string of the molecule is CC1CC=CC(C)(CN(C2CCCC2)C2CC(=O)c3ccccc32)C1. The number of hydrogen-bond donors (Lipinski definition) is 0. The molecule has 0 radical (unpaired) electrons. The molecule has 0 aromatic heterocycles. The Morgan fingerprint density at radius 2 is 1.96 bits per heavy atom. The second-order valence-electron chi connectivity index (χ2n) is 8.94. The standard InChI is InChI=1S/C23H31NO/c1-17-8-7-13-23(2,15-17)16-24(18-9-3-4-10-18)21-14-22(25)20-12-6-5-11-19(20)21/h5-7,11-13,17-18,21H,3-4,8-10,14-16H2,1-2H3. The molecule has 0 saturated heterocycles. The number of fused-ring (bicyclic) bond motifs is 1. The van der Waals surface area contributed by atoms with E-state index in [2.05, 4.69) is 43.0 Å². The van der Waals surface area contributed by atoms with Gasteiger partial charge >= 0.3 is 0 Å². The zero-order chi connectivity index (χ0) is 17.4. The first-order chi connectivity index (χ1) is 12.1. The summed E-state index contributed by atoms with van der Waals surface area (Å²) in [6.45, 7) is 5.88. The lowest BCUT2D eigenvalue weighted by Crippen LogP contribution is -2.43. The molecule has 3 aliphatic carbocycles. The van der Waals surface area contributed by atoms with E-state index in [1.165, 1.54) is 44.1 Å². The van der Waals surface area contributed by atoms with Gasteiger partial charge in [-0.2, -0.15) is 0 Å². The summed E-state index contributed by atoms with van der Waals surface area (Å²) in [5, 5.41) is 0. The van der Waals surface area contributed by atoms with Crippen LogP contribution in [0.5, 0.6) is 0 Å². The lowest BCUT2D eigenvalue weighted by Gasteiger charge is -2.43. The third-order valence-corrected chi connectivity index (χ3v) is 6.61. The van der Waals surface area contributed by atoms with Gasteiger partial charge in [-0.25, -0.2) is 0 Å². The highest BCUT2D eigenvalue weighted by atomic mass is 16.1. The molecule has 0 amide bonds. The Hall–Kier alpha value is -1.41. The van der Waals surface area contributed by atoms with Crippen molar-refractivity contribution >= 4 is 5.78 Å². The van der Waals surface area contributed by atoms with Crippen LogP contribution in [0.4, 0.5) is 0 Å². The fraction of sp³-hybridized carbons (Fsp3) is 0.609. The smallest absolute Gasteiger partial charge is 0.165 e. The molecule has 2 heteroatoms. The van der Waals surface area contributed by atoms with E-state index in [4.69, 9.17) is 0 Å². The number of rotatable bonds is 4. The van der Waals surface area contributed by atoms with Crippen molar-refractivity contribution in [2.45, 2.75) is 70.9 Å². The molecule has 1 saturated carbocycles. The van der Waals surface area contributed by atoms with Crippen LogP contribution in [0.1, 0.15) is 80.8 Å². The van der Waals surface area contributed by atoms with Gasteiger partial charge in [0, 0.05) is 30.6 Å². The molecule has 1 fully saturated rings. The summed E-state index contributed by atoms with van der Waals surface area (Å²) in [4.78, 5) is 15.3. The number of hydrogen-bond acceptors (Lipinski definition) is 2. The van der Waals surface area contributed by atoms with Gasteiger partial charge in [0.15, 0.2) is 5.78 Å². The monoisotopic (exact) mass is 337 g/mol. The average Bonchev–Trinajstić information content (AvgIpc) is 3.22. The van der Waals surface area contributed by atoms with E-state index in [1.807, 2.05) is 12.1 Å². The van der Waals surface area contributed by atoms with Gasteiger partial charge in [0.05, 0.1) is 0 Å². The Morgan fingerprint density at radius 1 is 1.20 bits per heavy atom. The van der Waals surface area contributed by atoms with Gasteiger partial charge in [-0.15, -0.1) is 0 Å². The number of ketones is 1. The largest absolute Gasteiger partial charge is 0.294 e. The van der Waals surface area contributed by atoms with Crippen LogP contribution < -0.4 is 0 Å². The van der Waals surface area contributed by atoms with Crippen molar-refractivity contribution < 1.29 is 4.79 Å². The number of nitrogens with zero attached hydrogens (tertiary/aromatic N) is 1. The van der Waals surface area contributed by atoms with Crippen molar-refractivity contribution in [2.24, 2.45) is 11.3 Å². The Morgan fingerprint density at radius 3 is 2.72 bits per heavy atom. The highest BCUT2D eigenvalue weighted by molar-refractivity contribution is 6.01. The van der Waals surface area contributed by atoms with E-state index >= 15 is 0 Å². The normalized spacial score (nSPS) is 32.5. The quantitative estimate of drug-likeness (QED) is 0.671.